The van der Waals surface area contributed by atoms with Crippen molar-refractivity contribution in [1.82, 2.24) is 19.6 Å². The number of benzene rings is 2. The van der Waals surface area contributed by atoms with Gasteiger partial charge in [-0.3, -0.25) is 9.36 Å². The van der Waals surface area contributed by atoms with Gasteiger partial charge in [-0.2, -0.15) is 13.2 Å². The first-order valence-electron chi connectivity index (χ1n) is 10.2. The van der Waals surface area contributed by atoms with Crippen LogP contribution < -0.4 is 10.2 Å². The molecule has 0 saturated carbocycles. The zero-order valence-corrected chi connectivity index (χ0v) is 17.2. The number of nitrogens with zero attached hydrogens (tertiary/aromatic N) is 4. The van der Waals surface area contributed by atoms with Crippen molar-refractivity contribution in [2.75, 3.05) is 7.11 Å². The van der Waals surface area contributed by atoms with Crippen LogP contribution in [0.3, 0.4) is 0 Å². The highest BCUT2D eigenvalue weighted by molar-refractivity contribution is 5.75. The monoisotopic (exact) mass is 440 g/mol. The van der Waals surface area contributed by atoms with Crippen molar-refractivity contribution in [2.45, 2.75) is 32.0 Å². The average molecular weight is 440 g/mol. The standard InChI is InChI=1S/C23H19F3N4O2/c1-32-17-10-8-14(9-11-17)13-29-22-20(27-28-29)21(31)18-6-3-7-19(18)30(22)16-5-2-4-15(12-16)23(24,25)26/h2,4-5,8-12H,3,6-7,13H2,1H3. The zero-order valence-electron chi connectivity index (χ0n) is 17.2. The summed E-state index contributed by atoms with van der Waals surface area (Å²) in [7, 11) is 1.58. The predicted molar refractivity (Wildman–Crippen MR) is 112 cm³/mol. The molecule has 2 aromatic carbocycles. The lowest BCUT2D eigenvalue weighted by Crippen LogP contribution is -2.18. The molecule has 6 nitrogen and oxygen atoms in total. The molecular formula is C23H19F3N4O2. The first-order chi connectivity index (χ1) is 15.4. The van der Waals surface area contributed by atoms with Crippen LogP contribution in [0.1, 0.15) is 28.8 Å². The van der Waals surface area contributed by atoms with E-state index in [0.29, 0.717) is 42.0 Å². The summed E-state index contributed by atoms with van der Waals surface area (Å²) in [6, 6.07) is 12.5. The van der Waals surface area contributed by atoms with Crippen LogP contribution in [0.4, 0.5) is 13.2 Å². The number of aromatic nitrogens is 4. The second kappa shape index (κ2) is 7.51. The molecule has 0 bridgehead atoms. The van der Waals surface area contributed by atoms with E-state index in [4.69, 9.17) is 4.74 Å². The number of ether oxygens (including phenoxy) is 1. The second-order valence-corrected chi connectivity index (χ2v) is 7.76. The minimum atomic E-state index is -4.47. The Balaban J connectivity index is 1.73. The molecule has 4 aromatic rings. The summed E-state index contributed by atoms with van der Waals surface area (Å²) in [6.07, 6.45) is -2.53. The molecule has 0 amide bonds. The number of fused-ring (bicyclic) bond motifs is 2. The maximum absolute atomic E-state index is 13.4. The zero-order chi connectivity index (χ0) is 22.5. The highest BCUT2D eigenvalue weighted by Gasteiger charge is 2.32. The van der Waals surface area contributed by atoms with Crippen LogP contribution in [0, 0.1) is 0 Å². The van der Waals surface area contributed by atoms with Gasteiger partial charge in [0.15, 0.2) is 11.2 Å². The Hall–Kier alpha value is -3.62. The van der Waals surface area contributed by atoms with Crippen molar-refractivity contribution < 1.29 is 17.9 Å². The van der Waals surface area contributed by atoms with Crippen LogP contribution >= 0.6 is 0 Å². The Bertz CT molecular complexity index is 1370. The normalized spacial score (nSPS) is 13.5. The Morgan fingerprint density at radius 3 is 2.59 bits per heavy atom. The summed E-state index contributed by atoms with van der Waals surface area (Å²) in [4.78, 5) is 13.1. The van der Waals surface area contributed by atoms with Crippen LogP contribution in [0.15, 0.2) is 53.3 Å². The lowest BCUT2D eigenvalue weighted by Gasteiger charge is -2.17. The van der Waals surface area contributed by atoms with Gasteiger partial charge in [0.2, 0.25) is 5.43 Å². The van der Waals surface area contributed by atoms with Crippen LogP contribution in [0.2, 0.25) is 0 Å². The Labute approximate surface area is 180 Å². The number of rotatable bonds is 4. The molecule has 0 aliphatic heterocycles. The fourth-order valence-corrected chi connectivity index (χ4v) is 4.28. The summed E-state index contributed by atoms with van der Waals surface area (Å²) in [5, 5.41) is 8.30. The molecule has 9 heteroatoms. The van der Waals surface area contributed by atoms with Crippen molar-refractivity contribution in [3.05, 3.63) is 81.1 Å². The number of alkyl halides is 3. The summed E-state index contributed by atoms with van der Waals surface area (Å²) >= 11 is 0. The number of pyridine rings is 1. The smallest absolute Gasteiger partial charge is 0.416 e. The van der Waals surface area contributed by atoms with Crippen LogP contribution in [0.5, 0.6) is 5.75 Å². The van der Waals surface area contributed by atoms with Gasteiger partial charge in [-0.15, -0.1) is 5.10 Å². The van der Waals surface area contributed by atoms with Crippen molar-refractivity contribution in [1.29, 1.82) is 0 Å². The van der Waals surface area contributed by atoms with Gasteiger partial charge in [-0.1, -0.05) is 23.4 Å². The Kier molecular flexibility index (Phi) is 4.76. The number of hydrogen-bond acceptors (Lipinski definition) is 4. The molecule has 2 aromatic heterocycles. The van der Waals surface area contributed by atoms with E-state index in [-0.39, 0.29) is 10.9 Å². The van der Waals surface area contributed by atoms with Crippen molar-refractivity contribution in [2.24, 2.45) is 0 Å². The van der Waals surface area contributed by atoms with Gasteiger partial charge in [-0.25, -0.2) is 4.68 Å². The summed E-state index contributed by atoms with van der Waals surface area (Å²) < 4.78 is 48.7. The van der Waals surface area contributed by atoms with Gasteiger partial charge < -0.3 is 4.74 Å². The van der Waals surface area contributed by atoms with Gasteiger partial charge >= 0.3 is 6.18 Å². The molecule has 0 spiro atoms. The summed E-state index contributed by atoms with van der Waals surface area (Å²) in [6.45, 7) is 0.303. The maximum Gasteiger partial charge on any atom is 0.416 e. The van der Waals surface area contributed by atoms with Crippen LogP contribution in [-0.2, 0) is 25.6 Å². The molecule has 5 rings (SSSR count). The fraction of sp³-hybridized carbons (Fsp3) is 0.261. The molecular weight excluding hydrogens is 421 g/mol. The van der Waals surface area contributed by atoms with Crippen LogP contribution in [-0.4, -0.2) is 26.7 Å². The number of halogens is 3. The third-order valence-electron chi connectivity index (χ3n) is 5.79. The number of methoxy groups -OCH3 is 1. The van der Waals surface area contributed by atoms with Gasteiger partial charge in [0.25, 0.3) is 0 Å². The van der Waals surface area contributed by atoms with E-state index >= 15 is 0 Å². The van der Waals surface area contributed by atoms with E-state index in [1.165, 1.54) is 6.07 Å². The molecule has 0 radical (unpaired) electrons. The molecule has 2 heterocycles. The SMILES string of the molecule is COc1ccc(Cn2nnc3c(=O)c4c(n(-c5cccc(C(F)(F)F)c5)c32)CCC4)cc1. The van der Waals surface area contributed by atoms with E-state index in [1.54, 1.807) is 22.4 Å². The second-order valence-electron chi connectivity index (χ2n) is 7.76. The van der Waals surface area contributed by atoms with E-state index in [1.807, 2.05) is 24.3 Å². The Morgan fingerprint density at radius 2 is 1.88 bits per heavy atom. The van der Waals surface area contributed by atoms with Crippen molar-refractivity contribution in [3.63, 3.8) is 0 Å². The molecule has 0 atom stereocenters. The minimum Gasteiger partial charge on any atom is -0.497 e. The molecule has 1 aliphatic carbocycles. The average Bonchev–Trinajstić information content (AvgIpc) is 3.43. The highest BCUT2D eigenvalue weighted by Crippen LogP contribution is 2.33. The number of hydrogen-bond donors (Lipinski definition) is 0. The topological polar surface area (TPSA) is 61.9 Å². The van der Waals surface area contributed by atoms with E-state index in [2.05, 4.69) is 10.3 Å². The largest absolute Gasteiger partial charge is 0.497 e. The molecule has 0 N–H and O–H groups in total. The first kappa shape index (κ1) is 20.3. The van der Waals surface area contributed by atoms with E-state index in [9.17, 15) is 18.0 Å². The quantitative estimate of drug-likeness (QED) is 0.479. The first-order valence-corrected chi connectivity index (χ1v) is 10.2. The molecule has 0 saturated heterocycles. The van der Waals surface area contributed by atoms with Gasteiger partial charge in [0, 0.05) is 16.9 Å². The highest BCUT2D eigenvalue weighted by atomic mass is 19.4. The fourth-order valence-electron chi connectivity index (χ4n) is 4.28. The summed E-state index contributed by atoms with van der Waals surface area (Å²) in [5.41, 5.74) is 2.16. The molecule has 164 valence electrons. The van der Waals surface area contributed by atoms with Crippen molar-refractivity contribution in [3.8, 4) is 11.4 Å². The molecule has 0 fully saturated rings. The van der Waals surface area contributed by atoms with Gasteiger partial charge in [0.05, 0.1) is 19.2 Å². The van der Waals surface area contributed by atoms with Gasteiger partial charge in [-0.05, 0) is 55.2 Å². The summed E-state index contributed by atoms with van der Waals surface area (Å²) in [5.74, 6) is 0.705. The third-order valence-corrected chi connectivity index (χ3v) is 5.79. The minimum absolute atomic E-state index is 0.163. The molecule has 32 heavy (non-hydrogen) atoms. The lowest BCUT2D eigenvalue weighted by molar-refractivity contribution is -0.137. The maximum atomic E-state index is 13.4. The lowest BCUT2D eigenvalue weighted by atomic mass is 10.1. The van der Waals surface area contributed by atoms with E-state index < -0.39 is 11.7 Å². The van der Waals surface area contributed by atoms with Crippen molar-refractivity contribution >= 4 is 11.2 Å². The molecule has 1 aliphatic rings. The Morgan fingerprint density at radius 1 is 1.09 bits per heavy atom. The van der Waals surface area contributed by atoms with E-state index in [0.717, 1.165) is 29.8 Å². The van der Waals surface area contributed by atoms with Crippen LogP contribution in [0.25, 0.3) is 16.9 Å². The molecule has 0 unspecified atom stereocenters. The third kappa shape index (κ3) is 3.34. The predicted octanol–water partition coefficient (Wildman–Crippen LogP) is 4.15. The van der Waals surface area contributed by atoms with Gasteiger partial charge in [0.1, 0.15) is 5.75 Å².